The molecule has 144 valence electrons. The van der Waals surface area contributed by atoms with Crippen LogP contribution in [0.2, 0.25) is 5.02 Å². The number of nitrogens with zero attached hydrogens (tertiary/aromatic N) is 1. The molecule has 0 aromatic heterocycles. The highest BCUT2D eigenvalue weighted by Gasteiger charge is 2.13. The third-order valence-electron chi connectivity index (χ3n) is 5.11. The molecule has 1 unspecified atom stereocenters. The number of carbonyl (C=O) groups excluding carboxylic acids is 1. The summed E-state index contributed by atoms with van der Waals surface area (Å²) in [6.07, 6.45) is 6.27. The van der Waals surface area contributed by atoms with Crippen molar-refractivity contribution in [1.82, 2.24) is 10.6 Å². The summed E-state index contributed by atoms with van der Waals surface area (Å²) in [4.78, 5) is 12.3. The van der Waals surface area contributed by atoms with Crippen LogP contribution in [0.3, 0.4) is 0 Å². The first kappa shape index (κ1) is 20.0. The van der Waals surface area contributed by atoms with Crippen LogP contribution in [-0.2, 0) is 24.2 Å². The van der Waals surface area contributed by atoms with Crippen LogP contribution in [0.4, 0.5) is 0 Å². The second kappa shape index (κ2) is 9.43. The Morgan fingerprint density at radius 2 is 1.96 bits per heavy atom. The van der Waals surface area contributed by atoms with E-state index in [9.17, 15) is 10.1 Å². The van der Waals surface area contributed by atoms with Crippen LogP contribution in [0.15, 0.2) is 54.2 Å². The average molecular weight is 394 g/mol. The second-order valence-electron chi connectivity index (χ2n) is 7.07. The molecular weight excluding hydrogens is 370 g/mol. The number of carbonyl (C=O) groups is 1. The minimum Gasteiger partial charge on any atom is -0.383 e. The molecule has 0 aliphatic heterocycles. The zero-order valence-corrected chi connectivity index (χ0v) is 16.7. The molecule has 4 nitrogen and oxygen atoms in total. The van der Waals surface area contributed by atoms with Gasteiger partial charge in [0.15, 0.2) is 0 Å². The Kier molecular flexibility index (Phi) is 6.73. The number of fused-ring (bicyclic) bond motifs is 1. The van der Waals surface area contributed by atoms with Crippen molar-refractivity contribution in [3.8, 4) is 6.07 Å². The zero-order chi connectivity index (χ0) is 19.9. The fourth-order valence-corrected chi connectivity index (χ4v) is 3.59. The molecule has 28 heavy (non-hydrogen) atoms. The molecule has 0 bridgehead atoms. The molecule has 5 heteroatoms. The third kappa shape index (κ3) is 4.94. The fourth-order valence-electron chi connectivity index (χ4n) is 3.39. The number of aryl methyl sites for hydroxylation is 2. The van der Waals surface area contributed by atoms with E-state index >= 15 is 0 Å². The minimum absolute atomic E-state index is 0.00643. The van der Waals surface area contributed by atoms with Gasteiger partial charge in [-0.15, -0.1) is 0 Å². The van der Waals surface area contributed by atoms with Gasteiger partial charge in [0.1, 0.15) is 11.6 Å². The van der Waals surface area contributed by atoms with Crippen molar-refractivity contribution in [3.63, 3.8) is 0 Å². The topological polar surface area (TPSA) is 64.9 Å². The molecule has 3 rings (SSSR count). The van der Waals surface area contributed by atoms with E-state index in [1.165, 1.54) is 30.2 Å². The number of benzene rings is 2. The highest BCUT2D eigenvalue weighted by Crippen LogP contribution is 2.24. The van der Waals surface area contributed by atoms with Gasteiger partial charge in [-0.2, -0.15) is 5.26 Å². The van der Waals surface area contributed by atoms with Gasteiger partial charge in [0.2, 0.25) is 0 Å². The quantitative estimate of drug-likeness (QED) is 0.557. The predicted molar refractivity (Wildman–Crippen MR) is 112 cm³/mol. The lowest BCUT2D eigenvalue weighted by atomic mass is 9.89. The lowest BCUT2D eigenvalue weighted by Crippen LogP contribution is -2.25. The van der Waals surface area contributed by atoms with E-state index in [4.69, 9.17) is 11.6 Å². The molecule has 2 aromatic carbocycles. The SMILES string of the molecule is CC(N/C=C(/C#N)C(=O)NCc1ccccc1Cl)c1ccc2c(c1)CCCC2. The monoisotopic (exact) mass is 393 g/mol. The molecule has 1 aliphatic rings. The molecule has 0 spiro atoms. The van der Waals surface area contributed by atoms with Crippen LogP contribution in [0.1, 0.15) is 48.1 Å². The molecule has 1 amide bonds. The fraction of sp³-hybridized carbons (Fsp3) is 0.304. The maximum absolute atomic E-state index is 12.3. The average Bonchev–Trinajstić information content (AvgIpc) is 2.73. The summed E-state index contributed by atoms with van der Waals surface area (Å²) in [5.74, 6) is -0.424. The van der Waals surface area contributed by atoms with E-state index in [1.807, 2.05) is 31.2 Å². The Labute approximate surface area is 171 Å². The normalized spacial score (nSPS) is 14.5. The van der Waals surface area contributed by atoms with Gasteiger partial charge >= 0.3 is 0 Å². The summed E-state index contributed by atoms with van der Waals surface area (Å²) in [7, 11) is 0. The van der Waals surface area contributed by atoms with Crippen LogP contribution < -0.4 is 10.6 Å². The molecule has 1 atom stereocenters. The van der Waals surface area contributed by atoms with E-state index < -0.39 is 5.91 Å². The highest BCUT2D eigenvalue weighted by atomic mass is 35.5. The van der Waals surface area contributed by atoms with Crippen LogP contribution in [0.25, 0.3) is 0 Å². The lowest BCUT2D eigenvalue weighted by molar-refractivity contribution is -0.117. The van der Waals surface area contributed by atoms with E-state index in [0.29, 0.717) is 5.02 Å². The van der Waals surface area contributed by atoms with Crippen LogP contribution >= 0.6 is 11.6 Å². The molecule has 0 saturated heterocycles. The van der Waals surface area contributed by atoms with Crippen LogP contribution in [0, 0.1) is 11.3 Å². The van der Waals surface area contributed by atoms with Crippen molar-refractivity contribution in [3.05, 3.63) is 81.5 Å². The van der Waals surface area contributed by atoms with Gasteiger partial charge in [0.25, 0.3) is 5.91 Å². The Morgan fingerprint density at radius 1 is 1.21 bits per heavy atom. The molecule has 0 saturated carbocycles. The van der Waals surface area contributed by atoms with Gasteiger partial charge < -0.3 is 10.6 Å². The standard InChI is InChI=1S/C23H24ClN3O/c1-16(18-11-10-17-6-2-3-7-19(17)12-18)26-15-21(13-25)23(28)27-14-20-8-4-5-9-22(20)24/h4-5,8-12,15-16,26H,2-3,6-7,14H2,1H3,(H,27,28)/b21-15-. The predicted octanol–water partition coefficient (Wildman–Crippen LogP) is 4.59. The number of hydrogen-bond acceptors (Lipinski definition) is 3. The molecular formula is C23H24ClN3O. The van der Waals surface area contributed by atoms with Crippen molar-refractivity contribution in [2.24, 2.45) is 0 Å². The van der Waals surface area contributed by atoms with E-state index in [-0.39, 0.29) is 18.2 Å². The van der Waals surface area contributed by atoms with Gasteiger partial charge in [0.05, 0.1) is 0 Å². The molecule has 0 fully saturated rings. The number of halogens is 1. The summed E-state index contributed by atoms with van der Waals surface area (Å²) >= 11 is 6.10. The number of hydrogen-bond donors (Lipinski definition) is 2. The van der Waals surface area contributed by atoms with Crippen molar-refractivity contribution >= 4 is 17.5 Å². The van der Waals surface area contributed by atoms with Crippen LogP contribution in [-0.4, -0.2) is 5.91 Å². The third-order valence-corrected chi connectivity index (χ3v) is 5.48. The van der Waals surface area contributed by atoms with Gasteiger partial charge in [-0.25, -0.2) is 0 Å². The summed E-state index contributed by atoms with van der Waals surface area (Å²) in [5.41, 5.74) is 4.86. The Bertz CT molecular complexity index is 930. The Hall–Kier alpha value is -2.77. The van der Waals surface area contributed by atoms with Gasteiger partial charge in [-0.05, 0) is 60.9 Å². The van der Waals surface area contributed by atoms with Crippen molar-refractivity contribution in [1.29, 1.82) is 5.26 Å². The largest absolute Gasteiger partial charge is 0.383 e. The molecule has 0 radical (unpaired) electrons. The number of nitrogens with one attached hydrogen (secondary N) is 2. The first-order valence-corrected chi connectivity index (χ1v) is 9.96. The first-order chi connectivity index (χ1) is 13.6. The lowest BCUT2D eigenvalue weighted by Gasteiger charge is -2.19. The number of rotatable bonds is 6. The molecule has 2 aromatic rings. The first-order valence-electron chi connectivity index (χ1n) is 9.58. The van der Waals surface area contributed by atoms with Crippen molar-refractivity contribution in [2.45, 2.75) is 45.2 Å². The Balaban J connectivity index is 1.61. The number of nitriles is 1. The van der Waals surface area contributed by atoms with Crippen molar-refractivity contribution in [2.75, 3.05) is 0 Å². The van der Waals surface area contributed by atoms with Gasteiger partial charge in [-0.3, -0.25) is 4.79 Å². The summed E-state index contributed by atoms with van der Waals surface area (Å²) < 4.78 is 0. The van der Waals surface area contributed by atoms with E-state index in [1.54, 1.807) is 6.07 Å². The van der Waals surface area contributed by atoms with Crippen LogP contribution in [0.5, 0.6) is 0 Å². The summed E-state index contributed by atoms with van der Waals surface area (Å²) in [6, 6.07) is 15.8. The molecule has 0 heterocycles. The Morgan fingerprint density at radius 3 is 2.71 bits per heavy atom. The maximum atomic E-state index is 12.3. The van der Waals surface area contributed by atoms with Gasteiger partial charge in [0, 0.05) is 23.8 Å². The van der Waals surface area contributed by atoms with Gasteiger partial charge in [-0.1, -0.05) is 48.0 Å². The highest BCUT2D eigenvalue weighted by molar-refractivity contribution is 6.31. The second-order valence-corrected chi connectivity index (χ2v) is 7.47. The minimum atomic E-state index is -0.424. The molecule has 1 aliphatic carbocycles. The summed E-state index contributed by atoms with van der Waals surface area (Å²) in [5, 5.41) is 15.8. The number of amides is 1. The zero-order valence-electron chi connectivity index (χ0n) is 16.0. The van der Waals surface area contributed by atoms with E-state index in [0.717, 1.165) is 24.0 Å². The molecule has 2 N–H and O–H groups in total. The maximum Gasteiger partial charge on any atom is 0.263 e. The smallest absolute Gasteiger partial charge is 0.263 e. The van der Waals surface area contributed by atoms with Crippen molar-refractivity contribution < 1.29 is 4.79 Å². The van der Waals surface area contributed by atoms with E-state index in [2.05, 4.69) is 28.8 Å². The summed E-state index contributed by atoms with van der Waals surface area (Å²) in [6.45, 7) is 2.30.